The number of rotatable bonds is 12. The second-order valence-corrected chi connectivity index (χ2v) is 18.6. The van der Waals surface area contributed by atoms with E-state index in [1.165, 1.54) is 47.8 Å². The van der Waals surface area contributed by atoms with E-state index in [4.69, 9.17) is 5.73 Å². The molecule has 3 heterocycles. The van der Waals surface area contributed by atoms with Crippen molar-refractivity contribution in [1.82, 2.24) is 36.4 Å². The second-order valence-electron chi connectivity index (χ2n) is 18.6. The Bertz CT molecular complexity index is 2290. The van der Waals surface area contributed by atoms with Crippen LogP contribution in [0.5, 0.6) is 5.75 Å². The summed E-state index contributed by atoms with van der Waals surface area (Å²) in [5, 5.41) is 47.1. The van der Waals surface area contributed by atoms with Crippen molar-refractivity contribution >= 4 is 52.1 Å². The number of carbonyl (C=O) groups is 7. The Balaban J connectivity index is 1.28. The summed E-state index contributed by atoms with van der Waals surface area (Å²) >= 11 is 0. The first-order valence-electron chi connectivity index (χ1n) is 24.1. The average Bonchev–Trinajstić information content (AvgIpc) is 3.98. The van der Waals surface area contributed by atoms with Gasteiger partial charge >= 0.3 is 0 Å². The molecule has 9 atom stereocenters. The van der Waals surface area contributed by atoms with Crippen LogP contribution in [0, 0.1) is 0 Å². The normalized spacial score (nSPS) is 25.6. The van der Waals surface area contributed by atoms with Crippen molar-refractivity contribution in [3.63, 3.8) is 0 Å². The fourth-order valence-corrected chi connectivity index (χ4v) is 9.31. The predicted octanol–water partition coefficient (Wildman–Crippen LogP) is 1.44. The molecule has 2 unspecified atom stereocenters. The van der Waals surface area contributed by atoms with Gasteiger partial charge in [-0.3, -0.25) is 33.6 Å². The molecular weight excluding hydrogens is 873 g/mol. The van der Waals surface area contributed by atoms with Gasteiger partial charge in [0.05, 0.1) is 12.2 Å². The molecule has 7 amide bonds. The largest absolute Gasteiger partial charge is 0.508 e. The van der Waals surface area contributed by atoms with Gasteiger partial charge in [0, 0.05) is 31.2 Å². The smallest absolute Gasteiger partial charge is 0.251 e. The van der Waals surface area contributed by atoms with Gasteiger partial charge in [0.1, 0.15) is 42.0 Å². The Hall–Kier alpha value is -6.11. The van der Waals surface area contributed by atoms with Crippen molar-refractivity contribution < 1.29 is 48.9 Å². The molecule has 18 heteroatoms. The van der Waals surface area contributed by atoms with Crippen molar-refractivity contribution in [3.05, 3.63) is 77.4 Å². The predicted molar refractivity (Wildman–Crippen MR) is 254 cm³/mol. The summed E-state index contributed by atoms with van der Waals surface area (Å²) in [6, 6.07) is 9.24. The number of hydrogen-bond acceptors (Lipinski definition) is 11. The molecule has 3 aromatic rings. The molecule has 10 N–H and O–H groups in total. The van der Waals surface area contributed by atoms with E-state index < -0.39 is 95.9 Å². The van der Waals surface area contributed by atoms with Crippen molar-refractivity contribution in [2.45, 2.75) is 152 Å². The molecule has 3 aromatic carbocycles. The molecule has 0 aromatic heterocycles. The van der Waals surface area contributed by atoms with Crippen molar-refractivity contribution in [1.29, 1.82) is 0 Å². The van der Waals surface area contributed by atoms with E-state index in [1.54, 1.807) is 24.3 Å². The third-order valence-corrected chi connectivity index (χ3v) is 13.2. The lowest BCUT2D eigenvalue weighted by molar-refractivity contribution is -0.145. The number of fused-ring (bicyclic) bond motifs is 3. The number of aryl methyl sites for hydroxylation is 2. The number of nitrogens with two attached hydrogens (primary N) is 1. The number of hydrogen-bond donors (Lipinski definition) is 9. The van der Waals surface area contributed by atoms with Gasteiger partial charge in [-0.25, -0.2) is 0 Å². The number of benzene rings is 3. The number of nitrogens with one attached hydrogen (secondary N) is 5. The molecule has 68 heavy (non-hydrogen) atoms. The van der Waals surface area contributed by atoms with E-state index in [2.05, 4.69) is 39.6 Å². The van der Waals surface area contributed by atoms with E-state index in [-0.39, 0.29) is 69.5 Å². The highest BCUT2D eigenvalue weighted by atomic mass is 16.3. The first-order valence-corrected chi connectivity index (χ1v) is 24.1. The third-order valence-electron chi connectivity index (χ3n) is 13.2. The summed E-state index contributed by atoms with van der Waals surface area (Å²) in [6.07, 6.45) is 3.69. The molecule has 6 rings (SSSR count). The number of amides is 7. The summed E-state index contributed by atoms with van der Waals surface area (Å²) in [5.74, 6) is -4.89. The minimum atomic E-state index is -1.54. The summed E-state index contributed by atoms with van der Waals surface area (Å²) in [4.78, 5) is 101. The molecule has 0 radical (unpaired) electrons. The van der Waals surface area contributed by atoms with Crippen LogP contribution < -0.4 is 32.3 Å². The molecule has 0 saturated carbocycles. The van der Waals surface area contributed by atoms with Crippen molar-refractivity contribution in [2.24, 2.45) is 5.73 Å². The van der Waals surface area contributed by atoms with Gasteiger partial charge in [0.25, 0.3) is 5.91 Å². The fraction of sp³-hybridized carbons (Fsp3) is 0.540. The van der Waals surface area contributed by atoms with E-state index in [1.807, 2.05) is 18.2 Å². The highest BCUT2D eigenvalue weighted by Crippen LogP contribution is 2.24. The van der Waals surface area contributed by atoms with E-state index >= 15 is 0 Å². The van der Waals surface area contributed by atoms with Gasteiger partial charge in [0.15, 0.2) is 0 Å². The summed E-state index contributed by atoms with van der Waals surface area (Å²) in [5.41, 5.74) is 8.49. The van der Waals surface area contributed by atoms with Gasteiger partial charge in [-0.15, -0.1) is 0 Å². The highest BCUT2D eigenvalue weighted by Gasteiger charge is 2.44. The Morgan fingerprint density at radius 2 is 1.40 bits per heavy atom. The van der Waals surface area contributed by atoms with Crippen LogP contribution in [0.4, 0.5) is 0 Å². The number of phenolic OH excluding ortho intramolecular Hbond substituents is 1. The maximum atomic E-state index is 14.3. The fourth-order valence-electron chi connectivity index (χ4n) is 9.31. The first kappa shape index (κ1) is 51.3. The molecule has 18 nitrogen and oxygen atoms in total. The zero-order valence-corrected chi connectivity index (χ0v) is 39.2. The van der Waals surface area contributed by atoms with Crippen LogP contribution in [0.25, 0.3) is 10.8 Å². The van der Waals surface area contributed by atoms with Crippen LogP contribution in [0.15, 0.2) is 60.7 Å². The van der Waals surface area contributed by atoms with Gasteiger partial charge in [-0.2, -0.15) is 0 Å². The summed E-state index contributed by atoms with van der Waals surface area (Å²) in [7, 11) is 0. The van der Waals surface area contributed by atoms with Crippen LogP contribution in [0.2, 0.25) is 0 Å². The lowest BCUT2D eigenvalue weighted by Crippen LogP contribution is -2.61. The number of aliphatic hydroxyl groups is 2. The Labute approximate surface area is 397 Å². The first-order chi connectivity index (χ1) is 32.5. The molecular formula is C50H68N8O10. The maximum Gasteiger partial charge on any atom is 0.251 e. The minimum absolute atomic E-state index is 0.00213. The molecule has 3 fully saturated rings. The van der Waals surface area contributed by atoms with Gasteiger partial charge in [0.2, 0.25) is 35.4 Å². The number of carbonyl (C=O) groups excluding carboxylic acids is 7. The van der Waals surface area contributed by atoms with Gasteiger partial charge in [-0.1, -0.05) is 62.6 Å². The van der Waals surface area contributed by atoms with Gasteiger partial charge in [-0.05, 0) is 118 Å². The van der Waals surface area contributed by atoms with Crippen LogP contribution in [-0.2, 0) is 41.6 Å². The number of phenols is 1. The topological polar surface area (TPSA) is 273 Å². The Kier molecular flexibility index (Phi) is 17.9. The molecule has 3 aliphatic heterocycles. The van der Waals surface area contributed by atoms with Crippen LogP contribution in [0.1, 0.15) is 106 Å². The van der Waals surface area contributed by atoms with Crippen molar-refractivity contribution in [3.8, 4) is 5.75 Å². The second kappa shape index (κ2) is 23.8. The molecule has 3 aliphatic rings. The van der Waals surface area contributed by atoms with E-state index in [0.29, 0.717) is 6.42 Å². The van der Waals surface area contributed by atoms with E-state index in [0.717, 1.165) is 42.0 Å². The molecule has 0 aliphatic carbocycles. The quantitative estimate of drug-likeness (QED) is 0.117. The van der Waals surface area contributed by atoms with Crippen molar-refractivity contribution in [2.75, 3.05) is 19.6 Å². The summed E-state index contributed by atoms with van der Waals surface area (Å²) < 4.78 is 0. The molecule has 3 saturated heterocycles. The van der Waals surface area contributed by atoms with Crippen LogP contribution in [-0.4, -0.2) is 141 Å². The lowest BCUT2D eigenvalue weighted by atomic mass is 10.0. The molecule has 0 bridgehead atoms. The number of unbranched alkanes of at least 4 members (excludes halogenated alkanes) is 3. The zero-order chi connectivity index (χ0) is 49.1. The zero-order valence-electron chi connectivity index (χ0n) is 39.2. The SMILES string of the molecule is CCCCCCc1ccc2cc(C(=O)N[C@H]3CCCNC(=O)[C@@H]4C[C@H](N)CN4C(=O)[C@H](C(C)O)NC(=O)[C@H](CCc4ccc(O)cc4)NC(=O)[C@@H]4CCCN4C(=O)[C@H](C(C)O)NC3=O)ccc2c1. The van der Waals surface area contributed by atoms with Gasteiger partial charge < -0.3 is 57.4 Å². The van der Waals surface area contributed by atoms with E-state index in [9.17, 15) is 48.9 Å². The third kappa shape index (κ3) is 13.1. The monoisotopic (exact) mass is 941 g/mol. The Morgan fingerprint density at radius 1 is 0.735 bits per heavy atom. The number of aliphatic hydroxyl groups excluding tert-OH is 2. The number of nitrogens with zero attached hydrogens (tertiary/aromatic N) is 2. The number of aromatic hydroxyl groups is 1. The highest BCUT2D eigenvalue weighted by molar-refractivity contribution is 6.02. The standard InChI is InChI=1S/C50H68N8O10/c1-4-5-6-7-10-32-13-17-34-26-35(19-18-33(34)25-32)44(62)53-38-11-8-23-52-47(65)41-27-36(51)28-58(41)50(68)43(30(3)60)56-46(64)39(22-16-31-14-20-37(61)21-15-31)54-48(66)40-12-9-24-57(40)49(67)42(29(2)59)55-45(38)63/h13-15,17-21,25-26,29-30,36,38-43,59-61H,4-12,16,22-24,27-28,51H2,1-3H3,(H,52,65)(H,53,62)(H,54,66)(H,55,63)(H,56,64)/t29?,30?,36-,38-,39-,40-,41-,42-,43-/m0/s1. The Morgan fingerprint density at radius 3 is 2.10 bits per heavy atom. The maximum absolute atomic E-state index is 14.3. The molecule has 0 spiro atoms. The van der Waals surface area contributed by atoms with Crippen LogP contribution >= 0.6 is 0 Å². The van der Waals surface area contributed by atoms with Crippen LogP contribution in [0.3, 0.4) is 0 Å². The average molecular weight is 941 g/mol. The summed E-state index contributed by atoms with van der Waals surface area (Å²) in [6.45, 7) is 4.87. The minimum Gasteiger partial charge on any atom is -0.508 e. The lowest BCUT2D eigenvalue weighted by Gasteiger charge is -2.32. The molecule has 368 valence electrons.